The van der Waals surface area contributed by atoms with E-state index < -0.39 is 12.1 Å². The molecule has 0 heterocycles. The Morgan fingerprint density at radius 2 is 2.12 bits per heavy atom. The summed E-state index contributed by atoms with van der Waals surface area (Å²) in [5.41, 5.74) is 10.2. The summed E-state index contributed by atoms with van der Waals surface area (Å²) in [4.78, 5) is 9.79. The molecule has 4 nitrogen and oxygen atoms in total. The summed E-state index contributed by atoms with van der Waals surface area (Å²) in [5.74, 6) is 0. The zero-order valence-electron chi connectivity index (χ0n) is 4.45. The van der Waals surface area contributed by atoms with Crippen LogP contribution in [0, 0.1) is 0 Å². The summed E-state index contributed by atoms with van der Waals surface area (Å²) in [6, 6.07) is -1.35. The first kappa shape index (κ1) is 7.55. The maximum atomic E-state index is 9.79. The molecule has 2 atom stereocenters. The molecule has 0 bridgehead atoms. The van der Waals surface area contributed by atoms with Gasteiger partial charge in [0.2, 0.25) is 0 Å². The van der Waals surface area contributed by atoms with Crippen molar-refractivity contribution in [2.24, 2.45) is 11.5 Å². The fourth-order valence-electron chi connectivity index (χ4n) is 0.223. The molecule has 0 aromatic heterocycles. The maximum Gasteiger partial charge on any atom is 0.138 e. The molecule has 0 saturated heterocycles. The molecule has 0 fully saturated rings. The monoisotopic (exact) mass is 118 g/mol. The van der Waals surface area contributed by atoms with Crippen LogP contribution in [0.3, 0.4) is 0 Å². The predicted octanol–water partition coefficient (Wildman–Crippen LogP) is -2.17. The Balaban J connectivity index is 3.44. The van der Waals surface area contributed by atoms with E-state index in [1.54, 1.807) is 0 Å². The molecule has 0 aliphatic heterocycles. The number of rotatable bonds is 3. The second-order valence-corrected chi connectivity index (χ2v) is 1.56. The van der Waals surface area contributed by atoms with Gasteiger partial charge in [-0.25, -0.2) is 0 Å². The van der Waals surface area contributed by atoms with E-state index in [-0.39, 0.29) is 6.61 Å². The van der Waals surface area contributed by atoms with Gasteiger partial charge in [-0.05, 0) is 0 Å². The lowest BCUT2D eigenvalue weighted by atomic mass is 10.2. The summed E-state index contributed by atoms with van der Waals surface area (Å²) in [6.07, 6.45) is 0.515. The second kappa shape index (κ2) is 3.54. The van der Waals surface area contributed by atoms with Gasteiger partial charge in [-0.1, -0.05) is 0 Å². The van der Waals surface area contributed by atoms with Gasteiger partial charge in [0.15, 0.2) is 0 Å². The lowest BCUT2D eigenvalue weighted by molar-refractivity contribution is -0.109. The van der Waals surface area contributed by atoms with E-state index >= 15 is 0 Å². The van der Waals surface area contributed by atoms with Crippen LogP contribution in [0.25, 0.3) is 0 Å². The number of hydrogen-bond acceptors (Lipinski definition) is 4. The van der Waals surface area contributed by atoms with Crippen molar-refractivity contribution in [2.45, 2.75) is 12.1 Å². The number of aldehydes is 1. The average Bonchev–Trinajstić information content (AvgIpc) is 1.84. The normalized spacial score (nSPS) is 17.4. The molecular weight excluding hydrogens is 108 g/mol. The highest BCUT2D eigenvalue weighted by Gasteiger charge is 2.08. The molecule has 2 unspecified atom stereocenters. The van der Waals surface area contributed by atoms with E-state index in [1.807, 2.05) is 0 Å². The minimum Gasteiger partial charge on any atom is -0.395 e. The molecule has 0 amide bonds. The van der Waals surface area contributed by atoms with Gasteiger partial charge in [-0.2, -0.15) is 0 Å². The van der Waals surface area contributed by atoms with Crippen LogP contribution < -0.4 is 11.5 Å². The van der Waals surface area contributed by atoms with E-state index in [9.17, 15) is 4.79 Å². The minimum atomic E-state index is -0.736. The molecule has 4 heteroatoms. The Morgan fingerprint density at radius 3 is 2.25 bits per heavy atom. The first-order valence-electron chi connectivity index (χ1n) is 2.29. The summed E-state index contributed by atoms with van der Waals surface area (Å²) >= 11 is 0. The second-order valence-electron chi connectivity index (χ2n) is 1.56. The van der Waals surface area contributed by atoms with Crippen molar-refractivity contribution >= 4 is 6.29 Å². The summed E-state index contributed by atoms with van der Waals surface area (Å²) in [7, 11) is 0. The topological polar surface area (TPSA) is 89.3 Å². The van der Waals surface area contributed by atoms with Crippen LogP contribution >= 0.6 is 0 Å². The van der Waals surface area contributed by atoms with Gasteiger partial charge < -0.3 is 21.4 Å². The number of aliphatic hydroxyl groups excluding tert-OH is 1. The SMILES string of the molecule is NC(C=O)C(N)CO. The highest BCUT2D eigenvalue weighted by molar-refractivity contribution is 5.58. The van der Waals surface area contributed by atoms with Crippen molar-refractivity contribution in [3.05, 3.63) is 0 Å². The molecule has 0 aromatic carbocycles. The Kier molecular flexibility index (Phi) is 3.34. The molecule has 0 spiro atoms. The molecule has 0 saturated carbocycles. The van der Waals surface area contributed by atoms with Crippen molar-refractivity contribution in [3.63, 3.8) is 0 Å². The summed E-state index contributed by atoms with van der Waals surface area (Å²) < 4.78 is 0. The Hall–Kier alpha value is -0.450. The smallest absolute Gasteiger partial charge is 0.138 e. The highest BCUT2D eigenvalue weighted by Crippen LogP contribution is 1.77. The molecule has 0 rings (SSSR count). The standard InChI is InChI=1S/C4H10N2O2/c5-3(1-7)4(6)2-8/h1,3-4,8H,2,5-6H2. The van der Waals surface area contributed by atoms with E-state index in [0.717, 1.165) is 0 Å². The predicted molar refractivity (Wildman–Crippen MR) is 29.1 cm³/mol. The Morgan fingerprint density at radius 1 is 1.62 bits per heavy atom. The van der Waals surface area contributed by atoms with Crippen LogP contribution in [0.15, 0.2) is 0 Å². The van der Waals surface area contributed by atoms with E-state index in [0.29, 0.717) is 6.29 Å². The van der Waals surface area contributed by atoms with Crippen molar-refractivity contribution in [1.29, 1.82) is 0 Å². The van der Waals surface area contributed by atoms with E-state index in [4.69, 9.17) is 16.6 Å². The van der Waals surface area contributed by atoms with Crippen LogP contribution in [0.5, 0.6) is 0 Å². The molecular formula is C4H10N2O2. The van der Waals surface area contributed by atoms with Gasteiger partial charge in [-0.15, -0.1) is 0 Å². The first-order chi connectivity index (χ1) is 3.72. The fourth-order valence-corrected chi connectivity index (χ4v) is 0.223. The highest BCUT2D eigenvalue weighted by atomic mass is 16.3. The maximum absolute atomic E-state index is 9.79. The molecule has 0 aliphatic rings. The first-order valence-corrected chi connectivity index (χ1v) is 2.29. The molecule has 8 heavy (non-hydrogen) atoms. The van der Waals surface area contributed by atoms with Crippen molar-refractivity contribution in [2.75, 3.05) is 6.61 Å². The van der Waals surface area contributed by atoms with Gasteiger partial charge in [0, 0.05) is 6.04 Å². The lowest BCUT2D eigenvalue weighted by Gasteiger charge is -2.08. The van der Waals surface area contributed by atoms with Crippen molar-refractivity contribution in [1.82, 2.24) is 0 Å². The molecule has 5 N–H and O–H groups in total. The Labute approximate surface area is 47.5 Å². The Bertz CT molecular complexity index is 76.4. The number of carbonyl (C=O) groups is 1. The zero-order chi connectivity index (χ0) is 6.57. The zero-order valence-corrected chi connectivity index (χ0v) is 4.45. The van der Waals surface area contributed by atoms with E-state index in [2.05, 4.69) is 0 Å². The molecule has 48 valence electrons. The molecule has 0 aliphatic carbocycles. The number of aliphatic hydroxyl groups is 1. The third-order valence-electron chi connectivity index (χ3n) is 0.862. The van der Waals surface area contributed by atoms with Crippen LogP contribution in [0.1, 0.15) is 0 Å². The molecule has 0 radical (unpaired) electrons. The van der Waals surface area contributed by atoms with Crippen LogP contribution in [-0.2, 0) is 4.79 Å². The van der Waals surface area contributed by atoms with Gasteiger partial charge in [-0.3, -0.25) is 0 Å². The number of nitrogens with two attached hydrogens (primary N) is 2. The van der Waals surface area contributed by atoms with Crippen molar-refractivity contribution in [3.8, 4) is 0 Å². The van der Waals surface area contributed by atoms with Crippen LogP contribution in [-0.4, -0.2) is 30.1 Å². The quantitative estimate of drug-likeness (QED) is 0.368. The number of carbonyl (C=O) groups excluding carboxylic acids is 1. The van der Waals surface area contributed by atoms with E-state index in [1.165, 1.54) is 0 Å². The lowest BCUT2D eigenvalue weighted by Crippen LogP contribution is -2.44. The van der Waals surface area contributed by atoms with Gasteiger partial charge in [0.05, 0.1) is 12.6 Å². The average molecular weight is 118 g/mol. The number of hydrogen-bond donors (Lipinski definition) is 3. The largest absolute Gasteiger partial charge is 0.395 e. The van der Waals surface area contributed by atoms with Crippen LogP contribution in [0.2, 0.25) is 0 Å². The third-order valence-corrected chi connectivity index (χ3v) is 0.862. The van der Waals surface area contributed by atoms with Crippen LogP contribution in [0.4, 0.5) is 0 Å². The minimum absolute atomic E-state index is 0.250. The van der Waals surface area contributed by atoms with Crippen molar-refractivity contribution < 1.29 is 9.90 Å². The van der Waals surface area contributed by atoms with Gasteiger partial charge in [0.25, 0.3) is 0 Å². The van der Waals surface area contributed by atoms with Gasteiger partial charge in [0.1, 0.15) is 6.29 Å². The van der Waals surface area contributed by atoms with Gasteiger partial charge >= 0.3 is 0 Å². The summed E-state index contributed by atoms with van der Waals surface area (Å²) in [6.45, 7) is -0.250. The molecule has 0 aromatic rings. The summed E-state index contributed by atoms with van der Waals surface area (Å²) in [5, 5.41) is 8.27. The fraction of sp³-hybridized carbons (Fsp3) is 0.750. The third kappa shape index (κ3) is 2.02.